The van der Waals surface area contributed by atoms with Crippen LogP contribution in [-0.4, -0.2) is 35.9 Å². The number of nitrogens with one attached hydrogen (secondary N) is 1. The van der Waals surface area contributed by atoms with Crippen molar-refractivity contribution in [3.05, 3.63) is 18.3 Å². The minimum atomic E-state index is -3.41. The van der Waals surface area contributed by atoms with Crippen molar-refractivity contribution < 1.29 is 13.5 Å². The van der Waals surface area contributed by atoms with Gasteiger partial charge in [-0.3, -0.25) is 0 Å². The smallest absolute Gasteiger partial charge is 0.200 e. The SMILES string of the molecule is CC(C)(C)S(=O)(=O)c1ccc(NC[C@@H]2CCC[C@H]2O)cn1. The third kappa shape index (κ3) is 3.55. The van der Waals surface area contributed by atoms with E-state index in [9.17, 15) is 13.5 Å². The molecular formula is C15H24N2O3S. The lowest BCUT2D eigenvalue weighted by Crippen LogP contribution is -2.28. The molecule has 118 valence electrons. The van der Waals surface area contributed by atoms with E-state index in [1.54, 1.807) is 33.0 Å². The molecule has 0 spiro atoms. The Morgan fingerprint density at radius 3 is 2.52 bits per heavy atom. The van der Waals surface area contributed by atoms with Gasteiger partial charge in [-0.1, -0.05) is 6.42 Å². The quantitative estimate of drug-likeness (QED) is 0.891. The summed E-state index contributed by atoms with van der Waals surface area (Å²) in [6, 6.07) is 3.26. The van der Waals surface area contributed by atoms with Crippen molar-refractivity contribution in [2.45, 2.75) is 55.9 Å². The number of aliphatic hydroxyl groups excluding tert-OH is 1. The second-order valence-corrected chi connectivity index (χ2v) is 9.29. The lowest BCUT2D eigenvalue weighted by Gasteiger charge is -2.19. The fourth-order valence-electron chi connectivity index (χ4n) is 2.46. The second-order valence-electron chi connectivity index (χ2n) is 6.64. The standard InChI is InChI=1S/C15H24N2O3S/c1-15(2,3)21(19,20)14-8-7-12(10-17-14)16-9-11-5-4-6-13(11)18/h7-8,10-11,13,16,18H,4-6,9H2,1-3H3/t11-,13+/m0/s1. The molecule has 0 radical (unpaired) electrons. The molecule has 1 aliphatic carbocycles. The molecule has 21 heavy (non-hydrogen) atoms. The van der Waals surface area contributed by atoms with Crippen LogP contribution in [0.1, 0.15) is 40.0 Å². The normalized spacial score (nSPS) is 23.2. The summed E-state index contributed by atoms with van der Waals surface area (Å²) < 4.78 is 23.7. The molecule has 2 N–H and O–H groups in total. The molecule has 1 aromatic rings. The van der Waals surface area contributed by atoms with E-state index in [1.807, 2.05) is 0 Å². The fourth-order valence-corrected chi connectivity index (χ4v) is 3.53. The van der Waals surface area contributed by atoms with E-state index in [1.165, 1.54) is 6.07 Å². The molecule has 2 rings (SSSR count). The molecule has 0 saturated heterocycles. The third-order valence-corrected chi connectivity index (χ3v) is 6.41. The zero-order chi connectivity index (χ0) is 15.7. The Bertz CT molecular complexity index is 576. The predicted molar refractivity (Wildman–Crippen MR) is 83.0 cm³/mol. The number of sulfone groups is 1. The molecule has 0 aromatic carbocycles. The summed E-state index contributed by atoms with van der Waals surface area (Å²) in [6.45, 7) is 5.68. The zero-order valence-electron chi connectivity index (χ0n) is 12.8. The number of hydrogen-bond donors (Lipinski definition) is 2. The Labute approximate surface area is 126 Å². The van der Waals surface area contributed by atoms with Crippen molar-refractivity contribution in [3.8, 4) is 0 Å². The molecule has 1 aliphatic rings. The maximum atomic E-state index is 12.3. The molecule has 1 saturated carbocycles. The number of aromatic nitrogens is 1. The van der Waals surface area contributed by atoms with Crippen molar-refractivity contribution in [2.75, 3.05) is 11.9 Å². The first-order valence-electron chi connectivity index (χ1n) is 7.34. The van der Waals surface area contributed by atoms with Gasteiger partial charge < -0.3 is 10.4 Å². The van der Waals surface area contributed by atoms with Crippen LogP contribution in [-0.2, 0) is 9.84 Å². The van der Waals surface area contributed by atoms with Crippen molar-refractivity contribution in [1.29, 1.82) is 0 Å². The van der Waals surface area contributed by atoms with Gasteiger partial charge in [0.1, 0.15) is 0 Å². The lowest BCUT2D eigenvalue weighted by atomic mass is 10.1. The van der Waals surface area contributed by atoms with E-state index < -0.39 is 14.6 Å². The van der Waals surface area contributed by atoms with Gasteiger partial charge in [0, 0.05) is 12.5 Å². The highest BCUT2D eigenvalue weighted by molar-refractivity contribution is 7.92. The van der Waals surface area contributed by atoms with Crippen molar-refractivity contribution in [2.24, 2.45) is 5.92 Å². The van der Waals surface area contributed by atoms with Gasteiger partial charge in [-0.25, -0.2) is 13.4 Å². The van der Waals surface area contributed by atoms with E-state index in [4.69, 9.17) is 0 Å². The highest BCUT2D eigenvalue weighted by Gasteiger charge is 2.32. The van der Waals surface area contributed by atoms with Crippen LogP contribution < -0.4 is 5.32 Å². The first-order chi connectivity index (χ1) is 9.72. The van der Waals surface area contributed by atoms with Crippen molar-refractivity contribution in [3.63, 3.8) is 0 Å². The van der Waals surface area contributed by atoms with Gasteiger partial charge in [-0.2, -0.15) is 0 Å². The Kier molecular flexibility index (Phi) is 4.58. The Balaban J connectivity index is 2.03. The number of hydrogen-bond acceptors (Lipinski definition) is 5. The summed E-state index contributed by atoms with van der Waals surface area (Å²) in [5, 5.41) is 13.1. The van der Waals surface area contributed by atoms with E-state index in [2.05, 4.69) is 10.3 Å². The molecule has 6 heteroatoms. The average molecular weight is 312 g/mol. The van der Waals surface area contributed by atoms with Crippen molar-refractivity contribution in [1.82, 2.24) is 4.98 Å². The molecule has 2 atom stereocenters. The van der Waals surface area contributed by atoms with Crippen LogP contribution >= 0.6 is 0 Å². The highest BCUT2D eigenvalue weighted by Crippen LogP contribution is 2.26. The van der Waals surface area contributed by atoms with Gasteiger partial charge in [0.15, 0.2) is 14.9 Å². The van der Waals surface area contributed by atoms with E-state index in [0.29, 0.717) is 6.54 Å². The molecule has 1 aromatic heterocycles. The largest absolute Gasteiger partial charge is 0.393 e. The van der Waals surface area contributed by atoms with Crippen LogP contribution in [0.4, 0.5) is 5.69 Å². The number of aliphatic hydroxyl groups is 1. The predicted octanol–water partition coefficient (Wildman–Crippen LogP) is 2.23. The summed E-state index contributed by atoms with van der Waals surface area (Å²) in [4.78, 5) is 4.07. The fraction of sp³-hybridized carbons (Fsp3) is 0.667. The monoisotopic (exact) mass is 312 g/mol. The first kappa shape index (κ1) is 16.2. The molecule has 0 bridgehead atoms. The number of anilines is 1. The molecule has 0 amide bonds. The van der Waals surface area contributed by atoms with E-state index >= 15 is 0 Å². The van der Waals surface area contributed by atoms with Gasteiger partial charge >= 0.3 is 0 Å². The summed E-state index contributed by atoms with van der Waals surface area (Å²) in [5.74, 6) is 0.267. The van der Waals surface area contributed by atoms with Crippen LogP contribution in [0.15, 0.2) is 23.4 Å². The zero-order valence-corrected chi connectivity index (χ0v) is 13.7. The Morgan fingerprint density at radius 1 is 1.33 bits per heavy atom. The van der Waals surface area contributed by atoms with Crippen LogP contribution in [0.25, 0.3) is 0 Å². The number of pyridine rings is 1. The molecule has 1 fully saturated rings. The van der Waals surface area contributed by atoms with Gasteiger partial charge in [0.05, 0.1) is 22.7 Å². The molecule has 5 nitrogen and oxygen atoms in total. The average Bonchev–Trinajstić information content (AvgIpc) is 2.81. The Hall–Kier alpha value is -1.14. The number of rotatable bonds is 4. The maximum Gasteiger partial charge on any atom is 0.200 e. The van der Waals surface area contributed by atoms with Gasteiger partial charge in [-0.15, -0.1) is 0 Å². The first-order valence-corrected chi connectivity index (χ1v) is 8.83. The number of nitrogens with zero attached hydrogens (tertiary/aromatic N) is 1. The maximum absolute atomic E-state index is 12.3. The van der Waals surface area contributed by atoms with Crippen LogP contribution in [0.2, 0.25) is 0 Å². The molecule has 1 heterocycles. The molecular weight excluding hydrogens is 288 g/mol. The third-order valence-electron chi connectivity index (χ3n) is 4.01. The second kappa shape index (κ2) is 5.93. The summed E-state index contributed by atoms with van der Waals surface area (Å²) in [6.07, 6.45) is 4.27. The topological polar surface area (TPSA) is 79.3 Å². The van der Waals surface area contributed by atoms with Gasteiger partial charge in [-0.05, 0) is 45.7 Å². The van der Waals surface area contributed by atoms with Gasteiger partial charge in [0.25, 0.3) is 0 Å². The highest BCUT2D eigenvalue weighted by atomic mass is 32.2. The van der Waals surface area contributed by atoms with Crippen LogP contribution in [0.5, 0.6) is 0 Å². The minimum Gasteiger partial charge on any atom is -0.393 e. The van der Waals surface area contributed by atoms with Crippen molar-refractivity contribution >= 4 is 15.5 Å². The summed E-state index contributed by atoms with van der Waals surface area (Å²) in [7, 11) is -3.41. The summed E-state index contributed by atoms with van der Waals surface area (Å²) in [5.41, 5.74) is 0.780. The summed E-state index contributed by atoms with van der Waals surface area (Å²) >= 11 is 0. The van der Waals surface area contributed by atoms with Crippen LogP contribution in [0, 0.1) is 5.92 Å². The van der Waals surface area contributed by atoms with E-state index in [0.717, 1.165) is 24.9 Å². The molecule has 0 unspecified atom stereocenters. The van der Waals surface area contributed by atoms with Gasteiger partial charge in [0.2, 0.25) is 0 Å². The molecule has 0 aliphatic heterocycles. The van der Waals surface area contributed by atoms with Crippen LogP contribution in [0.3, 0.4) is 0 Å². The van der Waals surface area contributed by atoms with E-state index in [-0.39, 0.29) is 17.0 Å². The lowest BCUT2D eigenvalue weighted by molar-refractivity contribution is 0.138. The Morgan fingerprint density at radius 2 is 2.05 bits per heavy atom. The minimum absolute atomic E-state index is 0.0986.